The van der Waals surface area contributed by atoms with Gasteiger partial charge in [-0.3, -0.25) is 19.6 Å². The largest absolute Gasteiger partial charge is 0.333 e. The van der Waals surface area contributed by atoms with Crippen LogP contribution < -0.4 is 10.9 Å². The number of nitrogens with zero attached hydrogens (tertiary/aromatic N) is 4. The van der Waals surface area contributed by atoms with E-state index in [0.717, 1.165) is 17.7 Å². The van der Waals surface area contributed by atoms with Crippen LogP contribution in [0.25, 0.3) is 11.4 Å². The predicted octanol–water partition coefficient (Wildman–Crippen LogP) is 1.25. The van der Waals surface area contributed by atoms with Gasteiger partial charge in [0.1, 0.15) is 5.82 Å². The van der Waals surface area contributed by atoms with Crippen molar-refractivity contribution < 1.29 is 4.79 Å². The average molecular weight is 390 g/mol. The summed E-state index contributed by atoms with van der Waals surface area (Å²) in [5.74, 6) is 0.358. The first-order valence-corrected chi connectivity index (χ1v) is 9.54. The third kappa shape index (κ3) is 4.07. The Morgan fingerprint density at radius 3 is 2.69 bits per heavy atom. The second-order valence-electron chi connectivity index (χ2n) is 6.99. The molecule has 8 nitrogen and oxygen atoms in total. The third-order valence-electron chi connectivity index (χ3n) is 5.12. The van der Waals surface area contributed by atoms with Crippen LogP contribution in [0.4, 0.5) is 0 Å². The van der Waals surface area contributed by atoms with E-state index in [0.29, 0.717) is 30.2 Å². The molecule has 148 valence electrons. The van der Waals surface area contributed by atoms with Crippen molar-refractivity contribution in [3.05, 3.63) is 76.2 Å². The van der Waals surface area contributed by atoms with E-state index in [2.05, 4.69) is 25.3 Å². The van der Waals surface area contributed by atoms with Crippen molar-refractivity contribution in [3.63, 3.8) is 0 Å². The molecule has 8 heteroatoms. The molecular weight excluding hydrogens is 368 g/mol. The molecule has 1 unspecified atom stereocenters. The van der Waals surface area contributed by atoms with Gasteiger partial charge in [-0.25, -0.2) is 4.98 Å². The maximum atomic E-state index is 13.1. The zero-order valence-electron chi connectivity index (χ0n) is 16.1. The fraction of sp³-hybridized carbons (Fsp3) is 0.286. The first kappa shape index (κ1) is 18.9. The number of carbonyl (C=O) groups is 1. The Hall–Kier alpha value is -3.39. The molecule has 0 aromatic carbocycles. The molecule has 3 aromatic rings. The summed E-state index contributed by atoms with van der Waals surface area (Å²) in [6.07, 6.45) is 6.80. The molecule has 4 rings (SSSR count). The van der Waals surface area contributed by atoms with Crippen LogP contribution >= 0.6 is 0 Å². The number of aromatic nitrogens is 4. The number of hydrogen-bond acceptors (Lipinski definition) is 6. The Balaban J connectivity index is 1.58. The molecule has 1 amide bonds. The lowest BCUT2D eigenvalue weighted by Gasteiger charge is -2.36. The summed E-state index contributed by atoms with van der Waals surface area (Å²) >= 11 is 0. The minimum absolute atomic E-state index is 0.0122. The number of H-pyrrole nitrogens is 1. The van der Waals surface area contributed by atoms with Gasteiger partial charge in [-0.15, -0.1) is 0 Å². The Kier molecular flexibility index (Phi) is 5.44. The third-order valence-corrected chi connectivity index (χ3v) is 5.12. The highest BCUT2D eigenvalue weighted by atomic mass is 16.2. The van der Waals surface area contributed by atoms with E-state index < -0.39 is 0 Å². The van der Waals surface area contributed by atoms with E-state index in [4.69, 9.17) is 0 Å². The average Bonchev–Trinajstić information content (AvgIpc) is 2.77. The van der Waals surface area contributed by atoms with Gasteiger partial charge in [0.05, 0.1) is 12.5 Å². The molecular formula is C21H22N6O2. The van der Waals surface area contributed by atoms with E-state index in [1.807, 2.05) is 23.1 Å². The van der Waals surface area contributed by atoms with Gasteiger partial charge in [-0.05, 0) is 30.7 Å². The van der Waals surface area contributed by atoms with Gasteiger partial charge in [-0.1, -0.05) is 6.07 Å². The highest BCUT2D eigenvalue weighted by Crippen LogP contribution is 2.22. The second kappa shape index (κ2) is 8.32. The highest BCUT2D eigenvalue weighted by molar-refractivity contribution is 5.79. The first-order chi connectivity index (χ1) is 14.1. The maximum Gasteiger partial charge on any atom is 0.255 e. The lowest BCUT2D eigenvalue weighted by molar-refractivity contribution is -0.133. The van der Waals surface area contributed by atoms with E-state index in [1.54, 1.807) is 37.8 Å². The molecule has 1 fully saturated rings. The molecule has 1 saturated heterocycles. The van der Waals surface area contributed by atoms with E-state index in [1.165, 1.54) is 0 Å². The lowest BCUT2D eigenvalue weighted by atomic mass is 10.0. The van der Waals surface area contributed by atoms with Crippen LogP contribution in [0.1, 0.15) is 22.9 Å². The summed E-state index contributed by atoms with van der Waals surface area (Å²) in [6, 6.07) is 7.34. The number of piperazine rings is 1. The van der Waals surface area contributed by atoms with Crippen LogP contribution in [0.5, 0.6) is 0 Å². The standard InChI is InChI=1S/C21H22N6O2/c1-14-17(21(29)26-20(25-14)16-5-3-7-23-12-16)10-19(28)27-9-8-24-13-18(27)15-4-2-6-22-11-15/h2-7,11-12,18,24H,8-10,13H2,1H3,(H,25,26,29). The predicted molar refractivity (Wildman–Crippen MR) is 108 cm³/mol. The summed E-state index contributed by atoms with van der Waals surface area (Å²) in [7, 11) is 0. The number of aryl methyl sites for hydroxylation is 1. The normalized spacial score (nSPS) is 16.6. The van der Waals surface area contributed by atoms with Crippen LogP contribution in [-0.4, -0.2) is 50.4 Å². The van der Waals surface area contributed by atoms with Crippen molar-refractivity contribution in [2.45, 2.75) is 19.4 Å². The number of carbonyl (C=O) groups excluding carboxylic acids is 1. The number of nitrogens with one attached hydrogen (secondary N) is 2. The van der Waals surface area contributed by atoms with Gasteiger partial charge >= 0.3 is 0 Å². The highest BCUT2D eigenvalue weighted by Gasteiger charge is 2.29. The molecule has 2 N–H and O–H groups in total. The summed E-state index contributed by atoms with van der Waals surface area (Å²) in [5, 5.41) is 3.32. The minimum Gasteiger partial charge on any atom is -0.333 e. The van der Waals surface area contributed by atoms with Crippen molar-refractivity contribution in [2.75, 3.05) is 19.6 Å². The second-order valence-corrected chi connectivity index (χ2v) is 6.99. The van der Waals surface area contributed by atoms with Crippen molar-refractivity contribution in [1.29, 1.82) is 0 Å². The molecule has 0 spiro atoms. The Bertz CT molecular complexity index is 1050. The molecule has 0 saturated carbocycles. The molecule has 4 heterocycles. The number of aromatic amines is 1. The van der Waals surface area contributed by atoms with Crippen molar-refractivity contribution in [3.8, 4) is 11.4 Å². The van der Waals surface area contributed by atoms with Crippen LogP contribution in [0.15, 0.2) is 53.8 Å². The molecule has 0 radical (unpaired) electrons. The van der Waals surface area contributed by atoms with E-state index in [-0.39, 0.29) is 23.9 Å². The molecule has 0 aliphatic carbocycles. The number of hydrogen-bond donors (Lipinski definition) is 2. The molecule has 1 atom stereocenters. The van der Waals surface area contributed by atoms with Crippen molar-refractivity contribution >= 4 is 5.91 Å². The van der Waals surface area contributed by atoms with Crippen LogP contribution in [0.3, 0.4) is 0 Å². The molecule has 3 aromatic heterocycles. The first-order valence-electron chi connectivity index (χ1n) is 9.54. The fourth-order valence-electron chi connectivity index (χ4n) is 3.58. The number of amides is 1. The summed E-state index contributed by atoms with van der Waals surface area (Å²) < 4.78 is 0. The maximum absolute atomic E-state index is 13.1. The number of rotatable bonds is 4. The Morgan fingerprint density at radius 1 is 1.21 bits per heavy atom. The van der Waals surface area contributed by atoms with Crippen LogP contribution in [0, 0.1) is 6.92 Å². The Morgan fingerprint density at radius 2 is 2.00 bits per heavy atom. The minimum atomic E-state index is -0.294. The number of pyridine rings is 2. The smallest absolute Gasteiger partial charge is 0.255 e. The van der Waals surface area contributed by atoms with Gasteiger partial charge in [0.2, 0.25) is 5.91 Å². The van der Waals surface area contributed by atoms with Crippen molar-refractivity contribution in [2.24, 2.45) is 0 Å². The molecule has 0 bridgehead atoms. The Labute approximate surface area is 168 Å². The van der Waals surface area contributed by atoms with Gasteiger partial charge in [0.15, 0.2) is 0 Å². The summed E-state index contributed by atoms with van der Waals surface area (Å²) in [4.78, 5) is 43.1. The summed E-state index contributed by atoms with van der Waals surface area (Å²) in [6.45, 7) is 3.71. The van der Waals surface area contributed by atoms with Crippen LogP contribution in [-0.2, 0) is 11.2 Å². The van der Waals surface area contributed by atoms with Gasteiger partial charge in [-0.2, -0.15) is 0 Å². The van der Waals surface area contributed by atoms with Crippen LogP contribution in [0.2, 0.25) is 0 Å². The van der Waals surface area contributed by atoms with Gasteiger partial charge < -0.3 is 15.2 Å². The van der Waals surface area contributed by atoms with Gasteiger partial charge in [0.25, 0.3) is 5.56 Å². The van der Waals surface area contributed by atoms with E-state index in [9.17, 15) is 9.59 Å². The molecule has 1 aliphatic rings. The lowest BCUT2D eigenvalue weighted by Crippen LogP contribution is -2.49. The topological polar surface area (TPSA) is 104 Å². The summed E-state index contributed by atoms with van der Waals surface area (Å²) in [5.41, 5.74) is 2.35. The van der Waals surface area contributed by atoms with Crippen molar-refractivity contribution in [1.82, 2.24) is 30.2 Å². The monoisotopic (exact) mass is 390 g/mol. The quantitative estimate of drug-likeness (QED) is 0.695. The van der Waals surface area contributed by atoms with Gasteiger partial charge in [0, 0.05) is 61.2 Å². The fourth-order valence-corrected chi connectivity index (χ4v) is 3.58. The zero-order chi connectivity index (χ0) is 20.2. The SMILES string of the molecule is Cc1nc(-c2cccnc2)[nH]c(=O)c1CC(=O)N1CCNCC1c1cccnc1. The molecule has 29 heavy (non-hydrogen) atoms. The molecule has 1 aliphatic heterocycles. The van der Waals surface area contributed by atoms with E-state index >= 15 is 0 Å². The zero-order valence-corrected chi connectivity index (χ0v) is 16.1.